The van der Waals surface area contributed by atoms with Crippen LogP contribution in [-0.4, -0.2) is 34.8 Å². The number of hydrogen-bond donors (Lipinski definition) is 1. The van der Waals surface area contributed by atoms with Gasteiger partial charge in [-0.15, -0.1) is 11.3 Å². The summed E-state index contributed by atoms with van der Waals surface area (Å²) in [6, 6.07) is 9.82. The van der Waals surface area contributed by atoms with Gasteiger partial charge in [0.1, 0.15) is 0 Å². The predicted octanol–water partition coefficient (Wildman–Crippen LogP) is 4.68. The first-order valence-electron chi connectivity index (χ1n) is 9.68. The van der Waals surface area contributed by atoms with E-state index < -0.39 is 0 Å². The molecule has 0 aliphatic heterocycles. The second kappa shape index (κ2) is 11.5. The Hall–Kier alpha value is -2.21. The maximum atomic E-state index is 13.2. The molecule has 1 atom stereocenters. The minimum absolute atomic E-state index is 0.0227. The van der Waals surface area contributed by atoms with Gasteiger partial charge in [0.2, 0.25) is 11.8 Å². The number of benzene rings is 1. The van der Waals surface area contributed by atoms with Crippen LogP contribution in [0, 0.1) is 0 Å². The summed E-state index contributed by atoms with van der Waals surface area (Å²) in [4.78, 5) is 31.4. The van der Waals surface area contributed by atoms with Crippen molar-refractivity contribution in [1.82, 2.24) is 9.88 Å². The van der Waals surface area contributed by atoms with E-state index in [2.05, 4.69) is 17.2 Å². The van der Waals surface area contributed by atoms with E-state index in [1.807, 2.05) is 42.6 Å². The van der Waals surface area contributed by atoms with Crippen LogP contribution in [0.1, 0.15) is 57.4 Å². The van der Waals surface area contributed by atoms with Crippen LogP contribution < -0.4 is 5.32 Å². The third-order valence-electron chi connectivity index (χ3n) is 4.51. The Labute approximate surface area is 165 Å². The van der Waals surface area contributed by atoms with Crippen LogP contribution in [0.2, 0.25) is 0 Å². The van der Waals surface area contributed by atoms with Gasteiger partial charge in [0.25, 0.3) is 0 Å². The number of amides is 2. The number of anilines is 1. The molecular weight excluding hydrogens is 358 g/mol. The van der Waals surface area contributed by atoms with Gasteiger partial charge in [0.05, 0.1) is 12.5 Å². The van der Waals surface area contributed by atoms with E-state index in [0.29, 0.717) is 18.1 Å². The highest BCUT2D eigenvalue weighted by atomic mass is 32.1. The quantitative estimate of drug-likeness (QED) is 0.569. The summed E-state index contributed by atoms with van der Waals surface area (Å²) in [7, 11) is 0. The standard InChI is InChI=1S/C21H29N3O2S/c1-3-5-6-10-14-24(16-19(25)23-21-22-13-15-27-21)20(26)18(4-2)17-11-8-7-9-12-17/h7-9,11-13,15,18H,3-6,10,14,16H2,1-2H3,(H,22,23,25). The molecule has 1 heterocycles. The highest BCUT2D eigenvalue weighted by Gasteiger charge is 2.25. The Morgan fingerprint density at radius 2 is 1.93 bits per heavy atom. The van der Waals surface area contributed by atoms with Crippen molar-refractivity contribution in [2.75, 3.05) is 18.4 Å². The van der Waals surface area contributed by atoms with Gasteiger partial charge in [-0.1, -0.05) is 63.4 Å². The molecule has 0 bridgehead atoms. The van der Waals surface area contributed by atoms with E-state index in [0.717, 1.165) is 31.2 Å². The number of thiazole rings is 1. The third kappa shape index (κ3) is 6.79. The minimum Gasteiger partial charge on any atom is -0.333 e. The average Bonchev–Trinajstić information content (AvgIpc) is 3.18. The summed E-state index contributed by atoms with van der Waals surface area (Å²) in [5, 5.41) is 5.15. The molecule has 0 spiro atoms. The molecule has 1 aromatic heterocycles. The topological polar surface area (TPSA) is 62.3 Å². The van der Waals surface area contributed by atoms with Gasteiger partial charge >= 0.3 is 0 Å². The summed E-state index contributed by atoms with van der Waals surface area (Å²) < 4.78 is 0. The van der Waals surface area contributed by atoms with Crippen LogP contribution in [0.5, 0.6) is 0 Å². The van der Waals surface area contributed by atoms with Gasteiger partial charge in [0.15, 0.2) is 5.13 Å². The Morgan fingerprint density at radius 1 is 1.15 bits per heavy atom. The number of rotatable bonds is 11. The largest absolute Gasteiger partial charge is 0.333 e. The van der Waals surface area contributed by atoms with Gasteiger partial charge in [-0.3, -0.25) is 9.59 Å². The Bertz CT molecular complexity index is 689. The molecule has 0 radical (unpaired) electrons. The van der Waals surface area contributed by atoms with Crippen LogP contribution in [0.4, 0.5) is 5.13 Å². The van der Waals surface area contributed by atoms with E-state index in [-0.39, 0.29) is 24.3 Å². The fraction of sp³-hybridized carbons (Fsp3) is 0.476. The molecule has 1 aromatic carbocycles. The van der Waals surface area contributed by atoms with Gasteiger partial charge < -0.3 is 10.2 Å². The molecule has 0 saturated carbocycles. The normalized spacial score (nSPS) is 11.8. The molecule has 2 amide bonds. The lowest BCUT2D eigenvalue weighted by Gasteiger charge is -2.27. The lowest BCUT2D eigenvalue weighted by molar-refractivity contribution is -0.136. The van der Waals surface area contributed by atoms with Gasteiger partial charge in [-0.2, -0.15) is 0 Å². The second-order valence-electron chi connectivity index (χ2n) is 6.58. The van der Waals surface area contributed by atoms with E-state index in [1.165, 1.54) is 11.3 Å². The number of carbonyl (C=O) groups is 2. The van der Waals surface area contributed by atoms with Crippen LogP contribution in [0.25, 0.3) is 0 Å². The predicted molar refractivity (Wildman–Crippen MR) is 111 cm³/mol. The number of hydrogen-bond acceptors (Lipinski definition) is 4. The molecule has 0 saturated heterocycles. The number of nitrogens with one attached hydrogen (secondary N) is 1. The first-order valence-corrected chi connectivity index (χ1v) is 10.6. The molecule has 5 nitrogen and oxygen atoms in total. The van der Waals surface area contributed by atoms with Gasteiger partial charge in [0, 0.05) is 18.1 Å². The second-order valence-corrected chi connectivity index (χ2v) is 7.47. The van der Waals surface area contributed by atoms with Crippen molar-refractivity contribution in [2.24, 2.45) is 0 Å². The zero-order chi connectivity index (χ0) is 19.5. The lowest BCUT2D eigenvalue weighted by atomic mass is 9.95. The summed E-state index contributed by atoms with van der Waals surface area (Å²) in [6.45, 7) is 4.84. The van der Waals surface area contributed by atoms with E-state index in [1.54, 1.807) is 11.1 Å². The van der Waals surface area contributed by atoms with E-state index >= 15 is 0 Å². The summed E-state index contributed by atoms with van der Waals surface area (Å²) in [6.07, 6.45) is 6.62. The molecule has 0 aliphatic rings. The molecule has 2 rings (SSSR count). The Kier molecular flexibility index (Phi) is 8.98. The first-order chi connectivity index (χ1) is 13.2. The van der Waals surface area contributed by atoms with Gasteiger partial charge in [-0.05, 0) is 18.4 Å². The first kappa shape index (κ1) is 21.1. The fourth-order valence-electron chi connectivity index (χ4n) is 3.07. The zero-order valence-electron chi connectivity index (χ0n) is 16.2. The molecule has 1 unspecified atom stereocenters. The lowest BCUT2D eigenvalue weighted by Crippen LogP contribution is -2.41. The molecule has 27 heavy (non-hydrogen) atoms. The highest BCUT2D eigenvalue weighted by molar-refractivity contribution is 7.13. The maximum Gasteiger partial charge on any atom is 0.245 e. The van der Waals surface area contributed by atoms with Crippen molar-refractivity contribution in [3.05, 3.63) is 47.5 Å². The molecule has 0 aliphatic carbocycles. The Balaban J connectivity index is 2.06. The smallest absolute Gasteiger partial charge is 0.245 e. The molecule has 146 valence electrons. The van der Waals surface area contributed by atoms with Crippen molar-refractivity contribution in [2.45, 2.75) is 51.9 Å². The molecule has 0 fully saturated rings. The monoisotopic (exact) mass is 387 g/mol. The molecule has 1 N–H and O–H groups in total. The number of nitrogens with zero attached hydrogens (tertiary/aromatic N) is 2. The average molecular weight is 388 g/mol. The fourth-order valence-corrected chi connectivity index (χ4v) is 3.62. The van der Waals surface area contributed by atoms with Crippen molar-refractivity contribution in [3.63, 3.8) is 0 Å². The van der Waals surface area contributed by atoms with Crippen molar-refractivity contribution < 1.29 is 9.59 Å². The summed E-state index contributed by atoms with van der Waals surface area (Å²) in [5.41, 5.74) is 1.00. The number of unbranched alkanes of at least 4 members (excludes halogenated alkanes) is 3. The zero-order valence-corrected chi connectivity index (χ0v) is 17.0. The molecular formula is C21H29N3O2S. The summed E-state index contributed by atoms with van der Waals surface area (Å²) in [5.74, 6) is -0.392. The van der Waals surface area contributed by atoms with Crippen LogP contribution in [-0.2, 0) is 9.59 Å². The van der Waals surface area contributed by atoms with E-state index in [4.69, 9.17) is 0 Å². The third-order valence-corrected chi connectivity index (χ3v) is 5.20. The Morgan fingerprint density at radius 3 is 2.56 bits per heavy atom. The van der Waals surface area contributed by atoms with Crippen molar-refractivity contribution in [1.29, 1.82) is 0 Å². The molecule has 6 heteroatoms. The minimum atomic E-state index is -0.218. The van der Waals surface area contributed by atoms with Crippen LogP contribution in [0.15, 0.2) is 41.9 Å². The van der Waals surface area contributed by atoms with Crippen molar-refractivity contribution >= 4 is 28.3 Å². The van der Waals surface area contributed by atoms with Gasteiger partial charge in [-0.25, -0.2) is 4.98 Å². The number of carbonyl (C=O) groups excluding carboxylic acids is 2. The molecule has 2 aromatic rings. The maximum absolute atomic E-state index is 13.2. The highest BCUT2D eigenvalue weighted by Crippen LogP contribution is 2.22. The van der Waals surface area contributed by atoms with E-state index in [9.17, 15) is 9.59 Å². The van der Waals surface area contributed by atoms with Crippen LogP contribution >= 0.6 is 11.3 Å². The SMILES string of the molecule is CCCCCCN(CC(=O)Nc1nccs1)C(=O)C(CC)c1ccccc1. The van der Waals surface area contributed by atoms with Crippen molar-refractivity contribution in [3.8, 4) is 0 Å². The summed E-state index contributed by atoms with van der Waals surface area (Å²) >= 11 is 1.37. The van der Waals surface area contributed by atoms with Crippen LogP contribution in [0.3, 0.4) is 0 Å². The number of aromatic nitrogens is 1.